The summed E-state index contributed by atoms with van der Waals surface area (Å²) >= 11 is 1.77. The highest BCUT2D eigenvalue weighted by Crippen LogP contribution is 2.31. The summed E-state index contributed by atoms with van der Waals surface area (Å²) in [7, 11) is 0. The molecule has 0 N–H and O–H groups in total. The maximum atomic E-state index is 5.45. The number of hydrogen-bond acceptors (Lipinski definition) is 9. The van der Waals surface area contributed by atoms with Gasteiger partial charge in [0, 0.05) is 50.2 Å². The summed E-state index contributed by atoms with van der Waals surface area (Å²) < 4.78 is 5.45. The van der Waals surface area contributed by atoms with E-state index in [-0.39, 0.29) is 0 Å². The number of rotatable bonds is 4. The number of anilines is 3. The Morgan fingerprint density at radius 3 is 2.21 bits per heavy atom. The fourth-order valence-corrected chi connectivity index (χ4v) is 4.87. The number of fused-ring (bicyclic) bond motifs is 1. The largest absolute Gasteiger partial charge is 0.378 e. The Bertz CT molecular complexity index is 980. The van der Waals surface area contributed by atoms with Crippen LogP contribution in [0.2, 0.25) is 0 Å². The van der Waals surface area contributed by atoms with Crippen molar-refractivity contribution in [3.63, 3.8) is 0 Å². The Kier molecular flexibility index (Phi) is 5.15. The van der Waals surface area contributed by atoms with E-state index in [1.54, 1.807) is 24.0 Å². The third kappa shape index (κ3) is 3.72. The second-order valence-electron chi connectivity index (χ2n) is 7.29. The first-order valence-corrected chi connectivity index (χ1v) is 11.0. The van der Waals surface area contributed by atoms with E-state index >= 15 is 0 Å². The van der Waals surface area contributed by atoms with Crippen LogP contribution in [-0.4, -0.2) is 72.4 Å². The van der Waals surface area contributed by atoms with Crippen LogP contribution in [0.25, 0.3) is 10.2 Å². The maximum absolute atomic E-state index is 5.45. The van der Waals surface area contributed by atoms with Gasteiger partial charge in [0.2, 0.25) is 0 Å². The summed E-state index contributed by atoms with van der Waals surface area (Å²) in [5.41, 5.74) is 0. The summed E-state index contributed by atoms with van der Waals surface area (Å²) in [6.45, 7) is 9.12. The van der Waals surface area contributed by atoms with Gasteiger partial charge in [-0.3, -0.25) is 0 Å². The monoisotopic (exact) mass is 411 g/mol. The number of ether oxygens (including phenoxy) is 1. The molecule has 152 valence electrons. The maximum Gasteiger partial charge on any atom is 0.140 e. The molecular formula is C20H25N7OS. The number of hydrogen-bond donors (Lipinski definition) is 0. The predicted molar refractivity (Wildman–Crippen MR) is 116 cm³/mol. The fraction of sp³-hybridized carbons (Fsp3) is 0.500. The fourth-order valence-electron chi connectivity index (χ4n) is 3.94. The van der Waals surface area contributed by atoms with Gasteiger partial charge in [0.25, 0.3) is 0 Å². The topological polar surface area (TPSA) is 70.5 Å². The van der Waals surface area contributed by atoms with Crippen molar-refractivity contribution >= 4 is 39.0 Å². The zero-order valence-corrected chi connectivity index (χ0v) is 17.4. The van der Waals surface area contributed by atoms with Crippen LogP contribution >= 0.6 is 11.3 Å². The Hall–Kier alpha value is -2.52. The average Bonchev–Trinajstić information content (AvgIpc) is 3.23. The molecule has 3 aromatic heterocycles. The molecule has 0 amide bonds. The van der Waals surface area contributed by atoms with E-state index in [1.807, 2.05) is 0 Å². The third-order valence-electron chi connectivity index (χ3n) is 5.58. The lowest BCUT2D eigenvalue weighted by atomic mass is 10.2. The third-order valence-corrected chi connectivity index (χ3v) is 6.77. The molecule has 5 rings (SSSR count). The quantitative estimate of drug-likeness (QED) is 0.647. The van der Waals surface area contributed by atoms with Crippen molar-refractivity contribution in [3.8, 4) is 0 Å². The number of nitrogens with zero attached hydrogens (tertiary/aromatic N) is 7. The summed E-state index contributed by atoms with van der Waals surface area (Å²) in [5, 5.41) is 1.18. The van der Waals surface area contributed by atoms with E-state index in [1.165, 1.54) is 10.3 Å². The molecule has 0 aliphatic carbocycles. The normalized spacial score (nSPS) is 17.9. The Labute approximate surface area is 174 Å². The van der Waals surface area contributed by atoms with Crippen LogP contribution in [0, 0.1) is 0 Å². The van der Waals surface area contributed by atoms with E-state index < -0.39 is 0 Å². The first-order valence-electron chi connectivity index (χ1n) is 10.2. The van der Waals surface area contributed by atoms with Gasteiger partial charge in [-0.25, -0.2) is 19.9 Å². The summed E-state index contributed by atoms with van der Waals surface area (Å²) in [5.74, 6) is 3.05. The lowest BCUT2D eigenvalue weighted by Gasteiger charge is -2.36. The molecule has 2 aliphatic heterocycles. The van der Waals surface area contributed by atoms with Crippen LogP contribution < -0.4 is 14.7 Å². The molecule has 2 aliphatic rings. The zero-order chi connectivity index (χ0) is 19.6. The highest BCUT2D eigenvalue weighted by molar-refractivity contribution is 7.18. The van der Waals surface area contributed by atoms with E-state index in [0.29, 0.717) is 0 Å². The molecule has 3 aromatic rings. The van der Waals surface area contributed by atoms with Gasteiger partial charge in [-0.05, 0) is 12.5 Å². The van der Waals surface area contributed by atoms with E-state index in [9.17, 15) is 0 Å². The van der Waals surface area contributed by atoms with Crippen LogP contribution in [-0.2, 0) is 11.2 Å². The van der Waals surface area contributed by atoms with Gasteiger partial charge in [-0.2, -0.15) is 0 Å². The first kappa shape index (κ1) is 18.5. The van der Waals surface area contributed by atoms with Crippen LogP contribution in [0.15, 0.2) is 24.8 Å². The molecule has 2 saturated heterocycles. The molecule has 0 radical (unpaired) electrons. The summed E-state index contributed by atoms with van der Waals surface area (Å²) in [6, 6.07) is 4.36. The molecule has 0 spiro atoms. The van der Waals surface area contributed by atoms with Crippen molar-refractivity contribution in [2.45, 2.75) is 13.3 Å². The molecule has 0 atom stereocenters. The summed E-state index contributed by atoms with van der Waals surface area (Å²) in [6.07, 6.45) is 4.41. The second-order valence-corrected chi connectivity index (χ2v) is 8.41. The van der Waals surface area contributed by atoms with Gasteiger partial charge < -0.3 is 19.4 Å². The van der Waals surface area contributed by atoms with Gasteiger partial charge in [0.05, 0.1) is 18.6 Å². The molecule has 0 unspecified atom stereocenters. The first-order chi connectivity index (χ1) is 14.3. The van der Waals surface area contributed by atoms with Gasteiger partial charge in [0.15, 0.2) is 0 Å². The highest BCUT2D eigenvalue weighted by Gasteiger charge is 2.22. The average molecular weight is 412 g/mol. The lowest BCUT2D eigenvalue weighted by molar-refractivity contribution is 0.122. The molecule has 9 heteroatoms. The lowest BCUT2D eigenvalue weighted by Crippen LogP contribution is -2.47. The molecule has 0 bridgehead atoms. The molecule has 2 fully saturated rings. The Morgan fingerprint density at radius 1 is 0.828 bits per heavy atom. The molecule has 0 saturated carbocycles. The van der Waals surface area contributed by atoms with Crippen molar-refractivity contribution in [1.82, 2.24) is 19.9 Å². The van der Waals surface area contributed by atoms with Crippen LogP contribution in [0.5, 0.6) is 0 Å². The zero-order valence-electron chi connectivity index (χ0n) is 16.6. The van der Waals surface area contributed by atoms with Crippen molar-refractivity contribution in [2.75, 3.05) is 67.2 Å². The van der Waals surface area contributed by atoms with Crippen LogP contribution in [0.4, 0.5) is 17.5 Å². The number of piperazine rings is 1. The van der Waals surface area contributed by atoms with Crippen molar-refractivity contribution in [2.24, 2.45) is 0 Å². The van der Waals surface area contributed by atoms with Gasteiger partial charge in [-0.1, -0.05) is 6.92 Å². The van der Waals surface area contributed by atoms with E-state index in [4.69, 9.17) is 4.74 Å². The molecule has 29 heavy (non-hydrogen) atoms. The van der Waals surface area contributed by atoms with Crippen LogP contribution in [0.3, 0.4) is 0 Å². The number of aromatic nitrogens is 4. The Morgan fingerprint density at radius 2 is 1.48 bits per heavy atom. The highest BCUT2D eigenvalue weighted by atomic mass is 32.1. The van der Waals surface area contributed by atoms with Crippen molar-refractivity contribution in [3.05, 3.63) is 29.7 Å². The molecular weight excluding hydrogens is 386 g/mol. The minimum absolute atomic E-state index is 0.758. The van der Waals surface area contributed by atoms with Crippen LogP contribution in [0.1, 0.15) is 11.8 Å². The SMILES string of the molecule is CCc1cc2c(N3CCN(c4cc(N5CCOCC5)ncn4)CC3)ncnc2s1. The van der Waals surface area contributed by atoms with Crippen molar-refractivity contribution in [1.29, 1.82) is 0 Å². The van der Waals surface area contributed by atoms with Gasteiger partial charge in [0.1, 0.15) is 34.9 Å². The number of aryl methyl sites for hydroxylation is 1. The smallest absolute Gasteiger partial charge is 0.140 e. The molecule has 8 nitrogen and oxygen atoms in total. The Balaban J connectivity index is 1.30. The van der Waals surface area contributed by atoms with Gasteiger partial charge in [-0.15, -0.1) is 11.3 Å². The number of morpholine rings is 1. The molecule has 5 heterocycles. The van der Waals surface area contributed by atoms with Crippen molar-refractivity contribution < 1.29 is 4.74 Å². The standard InChI is InChI=1S/C20H25N7OS/c1-2-15-11-16-19(23-14-24-20(16)29-15)27-5-3-25(4-6-27)17-12-18(22-13-21-17)26-7-9-28-10-8-26/h11-14H,2-10H2,1H3. The number of thiophene rings is 1. The summed E-state index contributed by atoms with van der Waals surface area (Å²) in [4.78, 5) is 27.5. The second kappa shape index (κ2) is 8.08. The molecule has 0 aromatic carbocycles. The van der Waals surface area contributed by atoms with E-state index in [2.05, 4.69) is 53.7 Å². The van der Waals surface area contributed by atoms with E-state index in [0.717, 1.165) is 81.2 Å². The van der Waals surface area contributed by atoms with Gasteiger partial charge >= 0.3 is 0 Å². The minimum Gasteiger partial charge on any atom is -0.378 e. The minimum atomic E-state index is 0.758. The predicted octanol–water partition coefficient (Wildman–Crippen LogP) is 2.21.